The molecule has 82 valence electrons. The molecular weight excluding hydrogens is 210 g/mol. The number of aromatic nitrogens is 1. The van der Waals surface area contributed by atoms with Crippen molar-refractivity contribution in [3.05, 3.63) is 23.5 Å². The summed E-state index contributed by atoms with van der Waals surface area (Å²) in [7, 11) is 0. The molecule has 2 nitrogen and oxygen atoms in total. The molecule has 0 bridgehead atoms. The summed E-state index contributed by atoms with van der Waals surface area (Å²) in [6, 6.07) is 3.93. The average Bonchev–Trinajstić information content (AvgIpc) is 3.04. The van der Waals surface area contributed by atoms with Crippen LogP contribution < -0.4 is 4.74 Å². The minimum atomic E-state index is 0.417. The van der Waals surface area contributed by atoms with Gasteiger partial charge in [-0.1, -0.05) is 12.8 Å². The summed E-state index contributed by atoms with van der Waals surface area (Å²) >= 11 is 5.82. The van der Waals surface area contributed by atoms with Gasteiger partial charge in [-0.15, -0.1) is 11.6 Å². The summed E-state index contributed by atoms with van der Waals surface area (Å²) in [4.78, 5) is 4.35. The van der Waals surface area contributed by atoms with Gasteiger partial charge in [0.05, 0.1) is 18.2 Å². The van der Waals surface area contributed by atoms with E-state index in [0.717, 1.165) is 36.1 Å². The van der Waals surface area contributed by atoms with Gasteiger partial charge in [-0.3, -0.25) is 4.98 Å². The molecule has 1 heterocycles. The van der Waals surface area contributed by atoms with Gasteiger partial charge in [-0.05, 0) is 31.4 Å². The molecule has 0 unspecified atom stereocenters. The molecule has 0 spiro atoms. The maximum absolute atomic E-state index is 5.82. The van der Waals surface area contributed by atoms with Crippen LogP contribution in [0.5, 0.6) is 5.75 Å². The SMILES string of the molecule is Cc1ccc(OCCC2CC2)c(CCl)n1. The summed E-state index contributed by atoms with van der Waals surface area (Å²) in [6.07, 6.45) is 3.91. The molecule has 3 heteroatoms. The van der Waals surface area contributed by atoms with Gasteiger partial charge in [0.1, 0.15) is 5.75 Å². The highest BCUT2D eigenvalue weighted by Crippen LogP contribution is 2.32. The molecule has 0 aliphatic heterocycles. The molecule has 1 aromatic rings. The zero-order valence-electron chi connectivity index (χ0n) is 9.00. The highest BCUT2D eigenvalue weighted by molar-refractivity contribution is 6.17. The number of halogens is 1. The van der Waals surface area contributed by atoms with E-state index in [1.165, 1.54) is 12.8 Å². The van der Waals surface area contributed by atoms with E-state index in [1.54, 1.807) is 0 Å². The molecule has 1 saturated carbocycles. The fourth-order valence-electron chi connectivity index (χ4n) is 1.57. The van der Waals surface area contributed by atoms with Crippen molar-refractivity contribution in [2.24, 2.45) is 5.92 Å². The number of hydrogen-bond donors (Lipinski definition) is 0. The van der Waals surface area contributed by atoms with Crippen LogP contribution in [0.4, 0.5) is 0 Å². The van der Waals surface area contributed by atoms with Gasteiger partial charge >= 0.3 is 0 Å². The molecule has 0 saturated heterocycles. The number of pyridine rings is 1. The molecule has 0 N–H and O–H groups in total. The molecular formula is C12H16ClNO. The average molecular weight is 226 g/mol. The van der Waals surface area contributed by atoms with Crippen LogP contribution in [0.3, 0.4) is 0 Å². The summed E-state index contributed by atoms with van der Waals surface area (Å²) in [5.41, 5.74) is 1.84. The van der Waals surface area contributed by atoms with Gasteiger partial charge in [0, 0.05) is 5.69 Å². The van der Waals surface area contributed by atoms with Gasteiger partial charge in [0.25, 0.3) is 0 Å². The first kappa shape index (κ1) is 10.7. The Morgan fingerprint density at radius 2 is 2.27 bits per heavy atom. The smallest absolute Gasteiger partial charge is 0.142 e. The van der Waals surface area contributed by atoms with E-state index in [0.29, 0.717) is 5.88 Å². The minimum Gasteiger partial charge on any atom is -0.492 e. The normalized spacial score (nSPS) is 15.3. The second-order valence-corrected chi connectivity index (χ2v) is 4.38. The Bertz CT molecular complexity index is 336. The maximum Gasteiger partial charge on any atom is 0.142 e. The van der Waals surface area contributed by atoms with Crippen LogP contribution in [-0.2, 0) is 5.88 Å². The lowest BCUT2D eigenvalue weighted by Crippen LogP contribution is -2.02. The number of ether oxygens (including phenoxy) is 1. The third-order valence-corrected chi connectivity index (χ3v) is 2.93. The number of rotatable bonds is 5. The summed E-state index contributed by atoms with van der Waals surface area (Å²) < 4.78 is 5.69. The predicted molar refractivity (Wildman–Crippen MR) is 61.4 cm³/mol. The first-order valence-electron chi connectivity index (χ1n) is 5.45. The summed E-state index contributed by atoms with van der Waals surface area (Å²) in [5, 5.41) is 0. The van der Waals surface area contributed by atoms with Crippen molar-refractivity contribution in [2.75, 3.05) is 6.61 Å². The molecule has 1 aromatic heterocycles. The van der Waals surface area contributed by atoms with E-state index in [-0.39, 0.29) is 0 Å². The standard InChI is InChI=1S/C12H16ClNO/c1-9-2-5-12(11(8-13)14-9)15-7-6-10-3-4-10/h2,5,10H,3-4,6-8H2,1H3. The van der Waals surface area contributed by atoms with Crippen LogP contribution in [0, 0.1) is 12.8 Å². The largest absolute Gasteiger partial charge is 0.492 e. The zero-order valence-corrected chi connectivity index (χ0v) is 9.76. The molecule has 15 heavy (non-hydrogen) atoms. The molecule has 0 radical (unpaired) electrons. The van der Waals surface area contributed by atoms with Gasteiger partial charge < -0.3 is 4.74 Å². The Kier molecular flexibility index (Phi) is 3.47. The Balaban J connectivity index is 1.92. The van der Waals surface area contributed by atoms with Crippen LogP contribution >= 0.6 is 11.6 Å². The quantitative estimate of drug-likeness (QED) is 0.718. The maximum atomic E-state index is 5.82. The fraction of sp³-hybridized carbons (Fsp3) is 0.583. The van der Waals surface area contributed by atoms with Crippen molar-refractivity contribution >= 4 is 11.6 Å². The molecule has 0 amide bonds. The first-order valence-corrected chi connectivity index (χ1v) is 5.98. The highest BCUT2D eigenvalue weighted by atomic mass is 35.5. The van der Waals surface area contributed by atoms with Gasteiger partial charge in [-0.25, -0.2) is 0 Å². The van der Waals surface area contributed by atoms with Crippen LogP contribution in [0.25, 0.3) is 0 Å². The predicted octanol–water partition coefficient (Wildman–Crippen LogP) is 3.31. The van der Waals surface area contributed by atoms with E-state index < -0.39 is 0 Å². The second kappa shape index (κ2) is 4.84. The molecule has 0 aromatic carbocycles. The molecule has 1 fully saturated rings. The topological polar surface area (TPSA) is 22.1 Å². The summed E-state index contributed by atoms with van der Waals surface area (Å²) in [6.45, 7) is 2.75. The van der Waals surface area contributed by atoms with Gasteiger partial charge in [0.2, 0.25) is 0 Å². The number of aryl methyl sites for hydroxylation is 1. The Morgan fingerprint density at radius 1 is 1.47 bits per heavy atom. The lowest BCUT2D eigenvalue weighted by Gasteiger charge is -2.09. The lowest BCUT2D eigenvalue weighted by atomic mass is 10.3. The van der Waals surface area contributed by atoms with E-state index >= 15 is 0 Å². The van der Waals surface area contributed by atoms with Crippen molar-refractivity contribution in [3.8, 4) is 5.75 Å². The second-order valence-electron chi connectivity index (χ2n) is 4.11. The van der Waals surface area contributed by atoms with Crippen molar-refractivity contribution in [1.29, 1.82) is 0 Å². The zero-order chi connectivity index (χ0) is 10.7. The monoisotopic (exact) mass is 225 g/mol. The van der Waals surface area contributed by atoms with Crippen LogP contribution in [0.15, 0.2) is 12.1 Å². The van der Waals surface area contributed by atoms with Crippen molar-refractivity contribution in [1.82, 2.24) is 4.98 Å². The van der Waals surface area contributed by atoms with Crippen LogP contribution in [0.1, 0.15) is 30.7 Å². The van der Waals surface area contributed by atoms with Crippen molar-refractivity contribution in [3.63, 3.8) is 0 Å². The van der Waals surface area contributed by atoms with Crippen molar-refractivity contribution < 1.29 is 4.74 Å². The van der Waals surface area contributed by atoms with E-state index in [9.17, 15) is 0 Å². The Labute approximate surface area is 95.6 Å². The van der Waals surface area contributed by atoms with Crippen LogP contribution in [0.2, 0.25) is 0 Å². The van der Waals surface area contributed by atoms with E-state index in [4.69, 9.17) is 16.3 Å². The number of nitrogens with zero attached hydrogens (tertiary/aromatic N) is 1. The molecule has 2 rings (SSSR count). The van der Waals surface area contributed by atoms with Gasteiger partial charge in [-0.2, -0.15) is 0 Å². The molecule has 0 atom stereocenters. The Hall–Kier alpha value is -0.760. The van der Waals surface area contributed by atoms with E-state index in [2.05, 4.69) is 4.98 Å². The molecule has 1 aliphatic carbocycles. The van der Waals surface area contributed by atoms with Crippen molar-refractivity contribution in [2.45, 2.75) is 32.1 Å². The first-order chi connectivity index (χ1) is 7.29. The molecule has 1 aliphatic rings. The van der Waals surface area contributed by atoms with E-state index in [1.807, 2.05) is 19.1 Å². The lowest BCUT2D eigenvalue weighted by molar-refractivity contribution is 0.298. The number of alkyl halides is 1. The third-order valence-electron chi connectivity index (χ3n) is 2.68. The Morgan fingerprint density at radius 3 is 2.93 bits per heavy atom. The highest BCUT2D eigenvalue weighted by Gasteiger charge is 2.20. The third kappa shape index (κ3) is 3.10. The summed E-state index contributed by atoms with van der Waals surface area (Å²) in [5.74, 6) is 2.17. The fourth-order valence-corrected chi connectivity index (χ4v) is 1.76. The van der Waals surface area contributed by atoms with Gasteiger partial charge in [0.15, 0.2) is 0 Å². The minimum absolute atomic E-state index is 0.417. The van der Waals surface area contributed by atoms with Crippen LogP contribution in [-0.4, -0.2) is 11.6 Å². The number of hydrogen-bond acceptors (Lipinski definition) is 2.